The average Bonchev–Trinajstić information content (AvgIpc) is 2.58. The molecular formula is C12H19NO4. The van der Waals surface area contributed by atoms with E-state index in [4.69, 9.17) is 9.84 Å². The van der Waals surface area contributed by atoms with E-state index in [-0.39, 0.29) is 6.54 Å². The summed E-state index contributed by atoms with van der Waals surface area (Å²) in [5.41, 5.74) is 0.553. The molecule has 0 saturated heterocycles. The number of carbonyl (C=O) groups excluding carboxylic acids is 1. The van der Waals surface area contributed by atoms with Crippen LogP contribution in [0.5, 0.6) is 0 Å². The maximum absolute atomic E-state index is 11.8. The second-order valence-electron chi connectivity index (χ2n) is 5.08. The molecule has 1 heterocycles. The van der Waals surface area contributed by atoms with E-state index in [1.54, 1.807) is 20.8 Å². The Morgan fingerprint density at radius 1 is 1.35 bits per heavy atom. The first kappa shape index (κ1) is 13.5. The number of amides is 1. The van der Waals surface area contributed by atoms with Gasteiger partial charge in [-0.1, -0.05) is 6.92 Å². The molecule has 0 aromatic rings. The molecule has 0 aliphatic carbocycles. The Kier molecular flexibility index (Phi) is 3.80. The average molecular weight is 241 g/mol. The standard InChI is InChI=1S/C12H19NO4/c1-5-8-6-13(7-9(8)10(14)15)11(16)17-12(2,3)4/h5-7H2,1-4H3,(H,14,15). The number of carbonyl (C=O) groups is 2. The molecule has 0 fully saturated rings. The minimum Gasteiger partial charge on any atom is -0.478 e. The highest BCUT2D eigenvalue weighted by Gasteiger charge is 2.31. The van der Waals surface area contributed by atoms with E-state index in [9.17, 15) is 9.59 Å². The molecule has 17 heavy (non-hydrogen) atoms. The first-order chi connectivity index (χ1) is 7.74. The van der Waals surface area contributed by atoms with Crippen molar-refractivity contribution in [3.05, 3.63) is 11.1 Å². The van der Waals surface area contributed by atoms with Gasteiger partial charge in [0.05, 0.1) is 12.1 Å². The summed E-state index contributed by atoms with van der Waals surface area (Å²) in [6, 6.07) is 0. The lowest BCUT2D eigenvalue weighted by Gasteiger charge is -2.24. The van der Waals surface area contributed by atoms with Crippen molar-refractivity contribution in [3.63, 3.8) is 0 Å². The van der Waals surface area contributed by atoms with Crippen LogP contribution in [0.25, 0.3) is 0 Å². The van der Waals surface area contributed by atoms with Crippen LogP contribution in [0.1, 0.15) is 34.1 Å². The molecule has 96 valence electrons. The molecule has 0 atom stereocenters. The highest BCUT2D eigenvalue weighted by Crippen LogP contribution is 2.22. The van der Waals surface area contributed by atoms with Gasteiger partial charge in [-0.15, -0.1) is 0 Å². The fourth-order valence-corrected chi connectivity index (χ4v) is 1.68. The number of carboxylic acids is 1. The summed E-state index contributed by atoms with van der Waals surface area (Å²) in [4.78, 5) is 24.2. The van der Waals surface area contributed by atoms with Gasteiger partial charge in [0.2, 0.25) is 0 Å². The van der Waals surface area contributed by atoms with Gasteiger partial charge in [0.25, 0.3) is 0 Å². The van der Waals surface area contributed by atoms with Crippen molar-refractivity contribution in [2.75, 3.05) is 13.1 Å². The van der Waals surface area contributed by atoms with Gasteiger partial charge < -0.3 is 9.84 Å². The van der Waals surface area contributed by atoms with E-state index in [1.165, 1.54) is 4.90 Å². The lowest BCUT2D eigenvalue weighted by molar-refractivity contribution is -0.132. The largest absolute Gasteiger partial charge is 0.478 e. The van der Waals surface area contributed by atoms with Crippen molar-refractivity contribution in [2.45, 2.75) is 39.7 Å². The van der Waals surface area contributed by atoms with Gasteiger partial charge in [0.1, 0.15) is 5.60 Å². The molecule has 0 aromatic carbocycles. The van der Waals surface area contributed by atoms with Crippen molar-refractivity contribution in [2.24, 2.45) is 0 Å². The second kappa shape index (κ2) is 4.77. The molecule has 5 nitrogen and oxygen atoms in total. The molecular weight excluding hydrogens is 222 g/mol. The van der Waals surface area contributed by atoms with Crippen LogP contribution < -0.4 is 0 Å². The molecule has 5 heteroatoms. The van der Waals surface area contributed by atoms with Crippen molar-refractivity contribution in [3.8, 4) is 0 Å². The fraction of sp³-hybridized carbons (Fsp3) is 0.667. The normalized spacial score (nSPS) is 16.4. The lowest BCUT2D eigenvalue weighted by Crippen LogP contribution is -2.36. The summed E-state index contributed by atoms with van der Waals surface area (Å²) >= 11 is 0. The van der Waals surface area contributed by atoms with Crippen LogP contribution in [0.3, 0.4) is 0 Å². The van der Waals surface area contributed by atoms with Crippen molar-refractivity contribution >= 4 is 12.1 Å². The highest BCUT2D eigenvalue weighted by atomic mass is 16.6. The number of rotatable bonds is 2. The van der Waals surface area contributed by atoms with Gasteiger partial charge in [-0.2, -0.15) is 0 Å². The van der Waals surface area contributed by atoms with E-state index < -0.39 is 17.7 Å². The lowest BCUT2D eigenvalue weighted by atomic mass is 10.1. The van der Waals surface area contributed by atoms with Crippen LogP contribution in [-0.2, 0) is 9.53 Å². The Balaban J connectivity index is 2.70. The molecule has 0 bridgehead atoms. The van der Waals surface area contributed by atoms with E-state index in [0.717, 1.165) is 5.57 Å². The zero-order valence-corrected chi connectivity index (χ0v) is 10.7. The summed E-state index contributed by atoms with van der Waals surface area (Å²) in [5, 5.41) is 9.01. The first-order valence-corrected chi connectivity index (χ1v) is 5.66. The predicted octanol–water partition coefficient (Wildman–Crippen LogP) is 2.03. The Hall–Kier alpha value is -1.52. The molecule has 0 aromatic heterocycles. The van der Waals surface area contributed by atoms with E-state index in [2.05, 4.69) is 0 Å². The van der Waals surface area contributed by atoms with Gasteiger partial charge >= 0.3 is 12.1 Å². The maximum Gasteiger partial charge on any atom is 0.410 e. The molecule has 0 unspecified atom stereocenters. The monoisotopic (exact) mass is 241 g/mol. The third kappa shape index (κ3) is 3.47. The number of aliphatic carboxylic acids is 1. The predicted molar refractivity (Wildman–Crippen MR) is 62.8 cm³/mol. The quantitative estimate of drug-likeness (QED) is 0.803. The van der Waals surface area contributed by atoms with Gasteiger partial charge in [-0.25, -0.2) is 9.59 Å². The number of carboxylic acid groups (broad SMARTS) is 1. The Morgan fingerprint density at radius 2 is 1.94 bits per heavy atom. The van der Waals surface area contributed by atoms with Crippen LogP contribution in [0.4, 0.5) is 4.79 Å². The maximum atomic E-state index is 11.8. The molecule has 1 rings (SSSR count). The van der Waals surface area contributed by atoms with Crippen molar-refractivity contribution in [1.82, 2.24) is 4.90 Å². The molecule has 1 N–H and O–H groups in total. The Morgan fingerprint density at radius 3 is 2.29 bits per heavy atom. The van der Waals surface area contributed by atoms with E-state index in [0.29, 0.717) is 18.5 Å². The van der Waals surface area contributed by atoms with Crippen LogP contribution in [0.2, 0.25) is 0 Å². The molecule has 1 aliphatic rings. The highest BCUT2D eigenvalue weighted by molar-refractivity contribution is 5.90. The summed E-state index contributed by atoms with van der Waals surface area (Å²) < 4.78 is 5.21. The molecule has 0 spiro atoms. The van der Waals surface area contributed by atoms with Crippen LogP contribution >= 0.6 is 0 Å². The molecule has 1 aliphatic heterocycles. The van der Waals surface area contributed by atoms with Crippen LogP contribution in [0, 0.1) is 0 Å². The first-order valence-electron chi connectivity index (χ1n) is 5.66. The van der Waals surface area contributed by atoms with Crippen molar-refractivity contribution in [1.29, 1.82) is 0 Å². The van der Waals surface area contributed by atoms with Gasteiger partial charge in [0, 0.05) is 6.54 Å². The smallest absolute Gasteiger partial charge is 0.410 e. The van der Waals surface area contributed by atoms with Gasteiger partial charge in [-0.05, 0) is 32.8 Å². The third-order valence-corrected chi connectivity index (χ3v) is 2.49. The zero-order chi connectivity index (χ0) is 13.2. The second-order valence-corrected chi connectivity index (χ2v) is 5.08. The minimum atomic E-state index is -0.951. The summed E-state index contributed by atoms with van der Waals surface area (Å²) in [7, 11) is 0. The zero-order valence-electron chi connectivity index (χ0n) is 10.7. The number of hydrogen-bond acceptors (Lipinski definition) is 3. The summed E-state index contributed by atoms with van der Waals surface area (Å²) in [6.07, 6.45) is 0.181. The summed E-state index contributed by atoms with van der Waals surface area (Å²) in [5.74, 6) is -0.951. The fourth-order valence-electron chi connectivity index (χ4n) is 1.68. The van der Waals surface area contributed by atoms with Gasteiger partial charge in [-0.3, -0.25) is 4.90 Å². The third-order valence-electron chi connectivity index (χ3n) is 2.49. The Labute approximate surface area is 101 Å². The minimum absolute atomic E-state index is 0.132. The number of nitrogens with zero attached hydrogens (tertiary/aromatic N) is 1. The number of ether oxygens (including phenoxy) is 1. The van der Waals surface area contributed by atoms with E-state index in [1.807, 2.05) is 6.92 Å². The molecule has 0 saturated carbocycles. The SMILES string of the molecule is CCC1=C(C(=O)O)CN(C(=O)OC(C)(C)C)C1. The Bertz CT molecular complexity index is 365. The van der Waals surface area contributed by atoms with Crippen LogP contribution in [-0.4, -0.2) is 40.8 Å². The summed E-state index contributed by atoms with van der Waals surface area (Å²) in [6.45, 7) is 7.73. The molecule has 0 radical (unpaired) electrons. The molecule has 1 amide bonds. The van der Waals surface area contributed by atoms with Gasteiger partial charge in [0.15, 0.2) is 0 Å². The van der Waals surface area contributed by atoms with Crippen LogP contribution in [0.15, 0.2) is 11.1 Å². The number of hydrogen-bond donors (Lipinski definition) is 1. The van der Waals surface area contributed by atoms with Crippen molar-refractivity contribution < 1.29 is 19.4 Å². The topological polar surface area (TPSA) is 66.8 Å². The van der Waals surface area contributed by atoms with E-state index >= 15 is 0 Å².